The smallest absolute Gasteiger partial charge is 0.225 e. The molecule has 0 aromatic rings. The zero-order chi connectivity index (χ0) is 13.1. The Balaban J connectivity index is 1.56. The first kappa shape index (κ1) is 13.4. The van der Waals surface area contributed by atoms with Gasteiger partial charge in [-0.15, -0.1) is 0 Å². The van der Waals surface area contributed by atoms with Crippen molar-refractivity contribution in [3.63, 3.8) is 0 Å². The van der Waals surface area contributed by atoms with Crippen molar-refractivity contribution in [1.29, 1.82) is 0 Å². The van der Waals surface area contributed by atoms with E-state index in [1.165, 1.54) is 25.7 Å². The summed E-state index contributed by atoms with van der Waals surface area (Å²) in [6, 6.07) is 0. The fourth-order valence-corrected chi connectivity index (χ4v) is 3.93. The van der Waals surface area contributed by atoms with Crippen molar-refractivity contribution in [2.45, 2.75) is 51.0 Å². The van der Waals surface area contributed by atoms with Gasteiger partial charge in [0, 0.05) is 31.7 Å². The second-order valence-corrected chi connectivity index (χ2v) is 6.54. The van der Waals surface area contributed by atoms with Crippen LogP contribution in [-0.4, -0.2) is 49.7 Å². The topological polar surface area (TPSA) is 41.6 Å². The van der Waals surface area contributed by atoms with Crippen molar-refractivity contribution in [2.24, 2.45) is 5.41 Å². The summed E-state index contributed by atoms with van der Waals surface area (Å²) in [4.78, 5) is 14.5. The molecule has 2 unspecified atom stereocenters. The van der Waals surface area contributed by atoms with Gasteiger partial charge < -0.3 is 15.0 Å². The lowest BCUT2D eigenvalue weighted by molar-refractivity contribution is -0.137. The predicted molar refractivity (Wildman–Crippen MR) is 73.9 cm³/mol. The Morgan fingerprint density at radius 1 is 1.32 bits per heavy atom. The number of nitrogens with zero attached hydrogens (tertiary/aromatic N) is 1. The van der Waals surface area contributed by atoms with Crippen molar-refractivity contribution in [3.05, 3.63) is 0 Å². The number of hydrogen-bond acceptors (Lipinski definition) is 3. The van der Waals surface area contributed by atoms with Gasteiger partial charge in [-0.1, -0.05) is 0 Å². The van der Waals surface area contributed by atoms with Gasteiger partial charge in [-0.2, -0.15) is 0 Å². The zero-order valence-corrected chi connectivity index (χ0v) is 11.8. The monoisotopic (exact) mass is 266 g/mol. The predicted octanol–water partition coefficient (Wildman–Crippen LogP) is 1.55. The zero-order valence-electron chi connectivity index (χ0n) is 11.8. The lowest BCUT2D eigenvalue weighted by Crippen LogP contribution is -2.52. The second-order valence-electron chi connectivity index (χ2n) is 6.54. The van der Waals surface area contributed by atoms with Crippen LogP contribution in [0, 0.1) is 5.41 Å². The minimum atomic E-state index is 0.190. The number of carbonyl (C=O) groups excluding carboxylic acids is 1. The summed E-state index contributed by atoms with van der Waals surface area (Å²) in [7, 11) is 0. The molecule has 3 rings (SSSR count). The van der Waals surface area contributed by atoms with E-state index >= 15 is 0 Å². The fraction of sp³-hybridized carbons (Fsp3) is 0.933. The first-order chi connectivity index (χ1) is 9.27. The number of likely N-dealkylation sites (tertiary alicyclic amines) is 1. The summed E-state index contributed by atoms with van der Waals surface area (Å²) in [5.74, 6) is 0.316. The number of rotatable bonds is 2. The Labute approximate surface area is 115 Å². The Hall–Kier alpha value is -0.610. The first-order valence-corrected chi connectivity index (χ1v) is 7.88. The number of ether oxygens (including phenoxy) is 1. The van der Waals surface area contributed by atoms with E-state index in [0.29, 0.717) is 17.7 Å². The molecule has 4 nitrogen and oxygen atoms in total. The van der Waals surface area contributed by atoms with E-state index in [-0.39, 0.29) is 6.10 Å². The highest BCUT2D eigenvalue weighted by Crippen LogP contribution is 2.36. The van der Waals surface area contributed by atoms with Crippen molar-refractivity contribution >= 4 is 5.91 Å². The van der Waals surface area contributed by atoms with Crippen LogP contribution in [0.2, 0.25) is 0 Å². The Morgan fingerprint density at radius 2 is 2.21 bits per heavy atom. The summed E-state index contributed by atoms with van der Waals surface area (Å²) in [6.07, 6.45) is 7.96. The molecule has 3 saturated heterocycles. The molecule has 3 aliphatic heterocycles. The Morgan fingerprint density at radius 3 is 2.95 bits per heavy atom. The number of hydrogen-bond donors (Lipinski definition) is 1. The largest absolute Gasteiger partial charge is 0.378 e. The van der Waals surface area contributed by atoms with Gasteiger partial charge in [0.25, 0.3) is 0 Å². The van der Waals surface area contributed by atoms with Gasteiger partial charge in [0.15, 0.2) is 0 Å². The van der Waals surface area contributed by atoms with E-state index in [4.69, 9.17) is 4.74 Å². The molecule has 4 heteroatoms. The summed E-state index contributed by atoms with van der Waals surface area (Å²) in [5.41, 5.74) is 0.364. The van der Waals surface area contributed by atoms with E-state index in [9.17, 15) is 4.79 Å². The molecule has 3 heterocycles. The molecule has 0 aliphatic carbocycles. The van der Waals surface area contributed by atoms with Crippen molar-refractivity contribution < 1.29 is 9.53 Å². The Bertz CT molecular complexity index is 315. The van der Waals surface area contributed by atoms with Crippen LogP contribution in [0.15, 0.2) is 0 Å². The molecule has 0 saturated carbocycles. The average Bonchev–Trinajstić information content (AvgIpc) is 2.92. The number of amides is 1. The van der Waals surface area contributed by atoms with E-state index in [1.54, 1.807) is 0 Å². The normalized spacial score (nSPS) is 35.8. The molecule has 3 fully saturated rings. The summed E-state index contributed by atoms with van der Waals surface area (Å²) >= 11 is 0. The van der Waals surface area contributed by atoms with Crippen LogP contribution in [0.1, 0.15) is 44.9 Å². The number of nitrogens with one attached hydrogen (secondary N) is 1. The average molecular weight is 266 g/mol. The molecule has 19 heavy (non-hydrogen) atoms. The van der Waals surface area contributed by atoms with Gasteiger partial charge in [-0.25, -0.2) is 0 Å². The fourth-order valence-electron chi connectivity index (χ4n) is 3.93. The van der Waals surface area contributed by atoms with E-state index < -0.39 is 0 Å². The highest BCUT2D eigenvalue weighted by molar-refractivity contribution is 5.77. The van der Waals surface area contributed by atoms with Gasteiger partial charge in [-0.3, -0.25) is 4.79 Å². The molecule has 3 aliphatic rings. The molecule has 1 N–H and O–H groups in total. The molecule has 1 amide bonds. The van der Waals surface area contributed by atoms with Crippen LogP contribution in [0.5, 0.6) is 0 Å². The van der Waals surface area contributed by atoms with Gasteiger partial charge in [-0.05, 0) is 45.1 Å². The van der Waals surface area contributed by atoms with Gasteiger partial charge in [0.1, 0.15) is 0 Å². The number of carbonyl (C=O) groups is 1. The summed E-state index contributed by atoms with van der Waals surface area (Å²) < 4.78 is 5.59. The molecular formula is C15H26N2O2. The van der Waals surface area contributed by atoms with E-state index in [2.05, 4.69) is 10.2 Å². The molecule has 0 radical (unpaired) electrons. The minimum absolute atomic E-state index is 0.190. The van der Waals surface area contributed by atoms with Crippen LogP contribution in [0.3, 0.4) is 0 Å². The van der Waals surface area contributed by atoms with Crippen molar-refractivity contribution in [2.75, 3.05) is 32.8 Å². The molecule has 0 bridgehead atoms. The maximum absolute atomic E-state index is 12.4. The standard InChI is InChI=1S/C15H26N2O2/c18-14(10-13-4-1-9-19-13)17-8-3-6-15(12-17)5-2-7-16-11-15/h13,16H,1-12H2. The SMILES string of the molecule is O=C(CC1CCCO1)N1CCCC2(CCCNC2)C1. The third-order valence-corrected chi connectivity index (χ3v) is 5.00. The lowest BCUT2D eigenvalue weighted by Gasteiger charge is -2.45. The summed E-state index contributed by atoms with van der Waals surface area (Å²) in [5, 5.41) is 3.52. The van der Waals surface area contributed by atoms with E-state index in [0.717, 1.165) is 45.6 Å². The Kier molecular flexibility index (Phi) is 4.08. The molecular weight excluding hydrogens is 240 g/mol. The maximum atomic E-state index is 12.4. The molecule has 0 aromatic carbocycles. The highest BCUT2D eigenvalue weighted by atomic mass is 16.5. The third kappa shape index (κ3) is 3.11. The second kappa shape index (κ2) is 5.80. The number of piperidine rings is 2. The third-order valence-electron chi connectivity index (χ3n) is 5.00. The van der Waals surface area contributed by atoms with Gasteiger partial charge in [0.05, 0.1) is 12.5 Å². The molecule has 2 atom stereocenters. The van der Waals surface area contributed by atoms with Crippen molar-refractivity contribution in [1.82, 2.24) is 10.2 Å². The van der Waals surface area contributed by atoms with Crippen LogP contribution < -0.4 is 5.32 Å². The van der Waals surface area contributed by atoms with Gasteiger partial charge in [0.2, 0.25) is 5.91 Å². The highest BCUT2D eigenvalue weighted by Gasteiger charge is 2.38. The van der Waals surface area contributed by atoms with Crippen LogP contribution in [0.25, 0.3) is 0 Å². The van der Waals surface area contributed by atoms with Crippen molar-refractivity contribution in [3.8, 4) is 0 Å². The molecule has 1 spiro atoms. The van der Waals surface area contributed by atoms with Crippen LogP contribution >= 0.6 is 0 Å². The summed E-state index contributed by atoms with van der Waals surface area (Å²) in [6.45, 7) is 4.99. The van der Waals surface area contributed by atoms with Crippen LogP contribution in [0.4, 0.5) is 0 Å². The van der Waals surface area contributed by atoms with Crippen LogP contribution in [-0.2, 0) is 9.53 Å². The molecule has 108 valence electrons. The van der Waals surface area contributed by atoms with Gasteiger partial charge >= 0.3 is 0 Å². The quantitative estimate of drug-likeness (QED) is 0.824. The maximum Gasteiger partial charge on any atom is 0.225 e. The lowest BCUT2D eigenvalue weighted by atomic mass is 9.74. The molecule has 0 aromatic heterocycles. The minimum Gasteiger partial charge on any atom is -0.378 e. The van der Waals surface area contributed by atoms with E-state index in [1.807, 2.05) is 0 Å². The first-order valence-electron chi connectivity index (χ1n) is 7.88.